The number of hydrogen-bond acceptors (Lipinski definition) is 3. The first-order chi connectivity index (χ1) is 6.75. The summed E-state index contributed by atoms with van der Waals surface area (Å²) in [5.74, 6) is 0.322. The van der Waals surface area contributed by atoms with Crippen molar-refractivity contribution in [3.05, 3.63) is 24.3 Å². The summed E-state index contributed by atoms with van der Waals surface area (Å²) in [5, 5.41) is 9.16. The first-order valence-corrected chi connectivity index (χ1v) is 5.05. The Labute approximate surface area is 84.1 Å². The summed E-state index contributed by atoms with van der Waals surface area (Å²) in [5.41, 5.74) is 7.01. The van der Waals surface area contributed by atoms with Crippen LogP contribution in [0.15, 0.2) is 24.3 Å². The summed E-state index contributed by atoms with van der Waals surface area (Å²) < 4.78 is 0. The summed E-state index contributed by atoms with van der Waals surface area (Å²) in [6, 6.07) is 7.72. The van der Waals surface area contributed by atoms with Crippen LogP contribution in [-0.2, 0) is 0 Å². The molecule has 0 atom stereocenters. The quantitative estimate of drug-likeness (QED) is 0.705. The largest absolute Gasteiger partial charge is 0.508 e. The molecular formula is C11H16N2O. The van der Waals surface area contributed by atoms with Crippen molar-refractivity contribution in [2.24, 2.45) is 5.73 Å². The highest BCUT2D eigenvalue weighted by atomic mass is 16.3. The fourth-order valence-corrected chi connectivity index (χ4v) is 1.82. The lowest BCUT2D eigenvalue weighted by molar-refractivity contribution is 0.474. The molecule has 14 heavy (non-hydrogen) atoms. The van der Waals surface area contributed by atoms with E-state index < -0.39 is 0 Å². The second-order valence-electron chi connectivity index (χ2n) is 3.84. The SMILES string of the molecule is NC1CCN(c2ccc(O)cc2)CC1. The highest BCUT2D eigenvalue weighted by molar-refractivity contribution is 5.49. The van der Waals surface area contributed by atoms with Gasteiger partial charge in [-0.2, -0.15) is 0 Å². The van der Waals surface area contributed by atoms with Crippen LogP contribution >= 0.6 is 0 Å². The van der Waals surface area contributed by atoms with E-state index in [1.54, 1.807) is 12.1 Å². The average molecular weight is 192 g/mol. The van der Waals surface area contributed by atoms with E-state index in [1.807, 2.05) is 12.1 Å². The lowest BCUT2D eigenvalue weighted by Gasteiger charge is -2.31. The van der Waals surface area contributed by atoms with Crippen LogP contribution in [0.3, 0.4) is 0 Å². The summed E-state index contributed by atoms with van der Waals surface area (Å²) in [6.45, 7) is 2.04. The molecule has 1 aliphatic rings. The number of phenols is 1. The van der Waals surface area contributed by atoms with Crippen LogP contribution in [0.1, 0.15) is 12.8 Å². The normalized spacial score (nSPS) is 18.5. The number of phenolic OH excluding ortho intramolecular Hbond substituents is 1. The number of benzene rings is 1. The molecule has 1 aromatic carbocycles. The van der Waals surface area contributed by atoms with Crippen molar-refractivity contribution in [2.75, 3.05) is 18.0 Å². The molecular weight excluding hydrogens is 176 g/mol. The fraction of sp³-hybridized carbons (Fsp3) is 0.455. The Hall–Kier alpha value is -1.22. The van der Waals surface area contributed by atoms with E-state index in [4.69, 9.17) is 10.8 Å². The first kappa shape index (κ1) is 9.34. The molecule has 0 amide bonds. The number of rotatable bonds is 1. The van der Waals surface area contributed by atoms with E-state index in [0.29, 0.717) is 11.8 Å². The number of nitrogens with zero attached hydrogens (tertiary/aromatic N) is 1. The number of piperidine rings is 1. The Morgan fingerprint density at radius 3 is 2.29 bits per heavy atom. The van der Waals surface area contributed by atoms with Gasteiger partial charge in [-0.3, -0.25) is 0 Å². The van der Waals surface area contributed by atoms with Gasteiger partial charge >= 0.3 is 0 Å². The molecule has 0 saturated carbocycles. The number of aromatic hydroxyl groups is 1. The Kier molecular flexibility index (Phi) is 2.59. The minimum absolute atomic E-state index is 0.322. The van der Waals surface area contributed by atoms with Crippen molar-refractivity contribution in [1.29, 1.82) is 0 Å². The molecule has 1 aromatic rings. The van der Waals surface area contributed by atoms with Gasteiger partial charge in [0.25, 0.3) is 0 Å². The van der Waals surface area contributed by atoms with Crippen LogP contribution in [-0.4, -0.2) is 24.2 Å². The van der Waals surface area contributed by atoms with E-state index in [2.05, 4.69) is 4.90 Å². The summed E-state index contributed by atoms with van der Waals surface area (Å²) in [4.78, 5) is 2.31. The molecule has 2 rings (SSSR count). The number of hydrogen-bond donors (Lipinski definition) is 2. The third-order valence-electron chi connectivity index (χ3n) is 2.75. The monoisotopic (exact) mass is 192 g/mol. The van der Waals surface area contributed by atoms with Crippen molar-refractivity contribution in [1.82, 2.24) is 0 Å². The van der Waals surface area contributed by atoms with Crippen LogP contribution in [0.5, 0.6) is 5.75 Å². The van der Waals surface area contributed by atoms with Gasteiger partial charge in [-0.1, -0.05) is 0 Å². The van der Waals surface area contributed by atoms with Gasteiger partial charge in [0.2, 0.25) is 0 Å². The molecule has 1 heterocycles. The zero-order chi connectivity index (χ0) is 9.97. The number of nitrogens with two attached hydrogens (primary N) is 1. The zero-order valence-corrected chi connectivity index (χ0v) is 8.19. The molecule has 3 nitrogen and oxygen atoms in total. The van der Waals surface area contributed by atoms with E-state index in [-0.39, 0.29) is 0 Å². The van der Waals surface area contributed by atoms with Gasteiger partial charge in [0, 0.05) is 24.8 Å². The molecule has 0 unspecified atom stereocenters. The molecule has 0 radical (unpaired) electrons. The molecule has 3 heteroatoms. The first-order valence-electron chi connectivity index (χ1n) is 5.05. The minimum atomic E-state index is 0.322. The maximum atomic E-state index is 9.16. The Balaban J connectivity index is 2.05. The average Bonchev–Trinajstić information content (AvgIpc) is 2.21. The summed E-state index contributed by atoms with van der Waals surface area (Å²) >= 11 is 0. The lowest BCUT2D eigenvalue weighted by atomic mass is 10.1. The Morgan fingerprint density at radius 2 is 1.71 bits per heavy atom. The molecule has 76 valence electrons. The predicted molar refractivity (Wildman–Crippen MR) is 57.5 cm³/mol. The lowest BCUT2D eigenvalue weighted by Crippen LogP contribution is -2.39. The Bertz CT molecular complexity index is 289. The highest BCUT2D eigenvalue weighted by Crippen LogP contribution is 2.21. The predicted octanol–water partition coefficient (Wildman–Crippen LogP) is 1.32. The van der Waals surface area contributed by atoms with E-state index >= 15 is 0 Å². The second-order valence-corrected chi connectivity index (χ2v) is 3.84. The van der Waals surface area contributed by atoms with E-state index in [1.165, 1.54) is 5.69 Å². The maximum Gasteiger partial charge on any atom is 0.115 e. The van der Waals surface area contributed by atoms with Crippen molar-refractivity contribution >= 4 is 5.69 Å². The Morgan fingerprint density at radius 1 is 1.14 bits per heavy atom. The third-order valence-corrected chi connectivity index (χ3v) is 2.75. The fourth-order valence-electron chi connectivity index (χ4n) is 1.82. The summed E-state index contributed by atoms with van der Waals surface area (Å²) in [7, 11) is 0. The van der Waals surface area contributed by atoms with E-state index in [9.17, 15) is 0 Å². The molecule has 1 aliphatic heterocycles. The zero-order valence-electron chi connectivity index (χ0n) is 8.19. The van der Waals surface area contributed by atoms with Crippen molar-refractivity contribution in [2.45, 2.75) is 18.9 Å². The van der Waals surface area contributed by atoms with Gasteiger partial charge in [0.15, 0.2) is 0 Å². The molecule has 0 aliphatic carbocycles. The molecule has 0 aromatic heterocycles. The molecule has 0 spiro atoms. The van der Waals surface area contributed by atoms with Crippen LogP contribution in [0.4, 0.5) is 5.69 Å². The standard InChI is InChI=1S/C11H16N2O/c12-9-5-7-13(8-6-9)10-1-3-11(14)4-2-10/h1-4,9,14H,5-8,12H2. The minimum Gasteiger partial charge on any atom is -0.508 e. The highest BCUT2D eigenvalue weighted by Gasteiger charge is 2.15. The summed E-state index contributed by atoms with van der Waals surface area (Å²) in [6.07, 6.45) is 2.11. The van der Waals surface area contributed by atoms with Gasteiger partial charge in [-0.25, -0.2) is 0 Å². The van der Waals surface area contributed by atoms with Gasteiger partial charge in [0.1, 0.15) is 5.75 Å². The number of anilines is 1. The third kappa shape index (κ3) is 1.99. The van der Waals surface area contributed by atoms with Gasteiger partial charge in [0.05, 0.1) is 0 Å². The molecule has 1 saturated heterocycles. The van der Waals surface area contributed by atoms with Crippen LogP contribution in [0, 0.1) is 0 Å². The second kappa shape index (κ2) is 3.88. The van der Waals surface area contributed by atoms with Crippen molar-refractivity contribution < 1.29 is 5.11 Å². The van der Waals surface area contributed by atoms with Crippen molar-refractivity contribution in [3.63, 3.8) is 0 Å². The maximum absolute atomic E-state index is 9.16. The topological polar surface area (TPSA) is 49.5 Å². The van der Waals surface area contributed by atoms with Crippen LogP contribution in [0.2, 0.25) is 0 Å². The molecule has 0 bridgehead atoms. The molecule has 3 N–H and O–H groups in total. The van der Waals surface area contributed by atoms with E-state index in [0.717, 1.165) is 25.9 Å². The smallest absolute Gasteiger partial charge is 0.115 e. The van der Waals surface area contributed by atoms with Gasteiger partial charge in [-0.05, 0) is 37.1 Å². The van der Waals surface area contributed by atoms with Gasteiger partial charge < -0.3 is 15.7 Å². The van der Waals surface area contributed by atoms with Crippen LogP contribution in [0.25, 0.3) is 0 Å². The van der Waals surface area contributed by atoms with Crippen molar-refractivity contribution in [3.8, 4) is 5.75 Å². The molecule has 1 fully saturated rings. The van der Waals surface area contributed by atoms with Crippen LogP contribution < -0.4 is 10.6 Å². The van der Waals surface area contributed by atoms with Gasteiger partial charge in [-0.15, -0.1) is 0 Å².